The molecular weight excluding hydrogens is 386 g/mol. The Kier molecular flexibility index (Phi) is 8.38. The Morgan fingerprint density at radius 3 is 2.30 bits per heavy atom. The van der Waals surface area contributed by atoms with E-state index in [0.717, 1.165) is 10.8 Å². The molecule has 2 aromatic rings. The van der Waals surface area contributed by atoms with Crippen molar-refractivity contribution in [3.05, 3.63) is 60.2 Å². The number of rotatable bonds is 1. The zero-order chi connectivity index (χ0) is 21.2. The molecule has 0 saturated carbocycles. The second-order valence-corrected chi connectivity index (χ2v) is 6.84. The van der Waals surface area contributed by atoms with Crippen LogP contribution < -0.4 is 0 Å². The zero-order valence-corrected chi connectivity index (χ0v) is 17.0. The van der Waals surface area contributed by atoms with Crippen molar-refractivity contribution in [1.82, 2.24) is 4.90 Å². The van der Waals surface area contributed by atoms with Crippen molar-refractivity contribution in [3.63, 3.8) is 0 Å². The minimum Gasteiger partial charge on any atom is -0.460 e. The molecule has 0 N–H and O–H groups in total. The molecule has 30 heavy (non-hydrogen) atoms. The molecule has 0 radical (unpaired) electrons. The monoisotopic (exact) mass is 413 g/mol. The molecule has 1 aliphatic rings. The molecule has 1 amide bonds. The molecule has 0 aliphatic carbocycles. The normalized spacial score (nSPS) is 18.2. The fourth-order valence-electron chi connectivity index (χ4n) is 3.12. The molecule has 0 aromatic heterocycles. The molecular formula is C23H27NO6. The van der Waals surface area contributed by atoms with Crippen LogP contribution in [0.1, 0.15) is 10.4 Å². The highest BCUT2D eigenvalue weighted by atomic mass is 16.6. The molecule has 1 saturated heterocycles. The molecule has 0 unspecified atom stereocenters. The fraction of sp³-hybridized carbons (Fsp3) is 0.391. The highest BCUT2D eigenvalue weighted by Gasteiger charge is 2.18. The van der Waals surface area contributed by atoms with Gasteiger partial charge < -0.3 is 23.8 Å². The van der Waals surface area contributed by atoms with Crippen molar-refractivity contribution < 1.29 is 28.5 Å². The summed E-state index contributed by atoms with van der Waals surface area (Å²) in [6, 6.07) is 13.5. The molecule has 0 bridgehead atoms. The van der Waals surface area contributed by atoms with E-state index in [2.05, 4.69) is 6.58 Å². The van der Waals surface area contributed by atoms with Crippen LogP contribution in [0.25, 0.3) is 10.8 Å². The number of fused-ring (bicyclic) bond motifs is 1. The van der Waals surface area contributed by atoms with Crippen LogP contribution >= 0.6 is 0 Å². The summed E-state index contributed by atoms with van der Waals surface area (Å²) in [6.07, 6.45) is 0. The van der Waals surface area contributed by atoms with Crippen molar-refractivity contribution in [3.8, 4) is 0 Å². The van der Waals surface area contributed by atoms with E-state index in [0.29, 0.717) is 45.1 Å². The number of nitrogens with zero attached hydrogens (tertiary/aromatic N) is 1. The van der Waals surface area contributed by atoms with Crippen LogP contribution in [0.5, 0.6) is 0 Å². The van der Waals surface area contributed by atoms with Gasteiger partial charge in [-0.3, -0.25) is 4.79 Å². The van der Waals surface area contributed by atoms with Gasteiger partial charge in [-0.25, -0.2) is 4.79 Å². The third-order valence-corrected chi connectivity index (χ3v) is 4.72. The predicted octanol–water partition coefficient (Wildman–Crippen LogP) is 2.44. The van der Waals surface area contributed by atoms with E-state index < -0.39 is 5.97 Å². The quantitative estimate of drug-likeness (QED) is 0.528. The third-order valence-electron chi connectivity index (χ3n) is 4.72. The maximum atomic E-state index is 13.2. The molecule has 3 rings (SSSR count). The van der Waals surface area contributed by atoms with Gasteiger partial charge in [0.1, 0.15) is 6.61 Å². The van der Waals surface area contributed by atoms with E-state index in [1.165, 1.54) is 0 Å². The molecule has 7 heteroatoms. The summed E-state index contributed by atoms with van der Waals surface area (Å²) < 4.78 is 21.6. The van der Waals surface area contributed by atoms with Gasteiger partial charge in [0.2, 0.25) is 0 Å². The zero-order valence-electron chi connectivity index (χ0n) is 17.0. The number of carbonyl (C=O) groups is 2. The van der Waals surface area contributed by atoms with Crippen LogP contribution in [-0.2, 0) is 23.7 Å². The summed E-state index contributed by atoms with van der Waals surface area (Å²) in [5.74, 6) is -0.571. The first-order valence-electron chi connectivity index (χ1n) is 10.0. The van der Waals surface area contributed by atoms with Crippen molar-refractivity contribution in [2.45, 2.75) is 0 Å². The lowest BCUT2D eigenvalue weighted by Crippen LogP contribution is -2.37. The van der Waals surface area contributed by atoms with Crippen molar-refractivity contribution in [2.24, 2.45) is 0 Å². The average molecular weight is 413 g/mol. The summed E-state index contributed by atoms with van der Waals surface area (Å²) in [7, 11) is 0. The Bertz CT molecular complexity index is 876. The van der Waals surface area contributed by atoms with E-state index in [-0.39, 0.29) is 31.3 Å². The average Bonchev–Trinajstić information content (AvgIpc) is 2.77. The number of benzene rings is 2. The predicted molar refractivity (Wildman–Crippen MR) is 112 cm³/mol. The minimum absolute atomic E-state index is 0.0703. The van der Waals surface area contributed by atoms with Gasteiger partial charge in [0.05, 0.1) is 45.2 Å². The summed E-state index contributed by atoms with van der Waals surface area (Å²) in [4.78, 5) is 26.7. The molecule has 160 valence electrons. The van der Waals surface area contributed by atoms with E-state index in [1.807, 2.05) is 42.5 Å². The van der Waals surface area contributed by atoms with Gasteiger partial charge in [0, 0.05) is 18.7 Å². The molecule has 0 spiro atoms. The third kappa shape index (κ3) is 6.13. The minimum atomic E-state index is -0.501. The standard InChI is InChI=1S/C23H27NO6/c1-18-17-29-14-13-27-11-9-24(10-12-28-15-16-30-23(18)26)22(25)21-8-4-6-19-5-2-3-7-20(19)21/h2-8H,1,9-17H2. The SMILES string of the molecule is C=C1COCCOCCN(C(=O)c2cccc3ccccc23)CCOCCOC1=O. The first-order valence-corrected chi connectivity index (χ1v) is 10.0. The Hall–Kier alpha value is -2.74. The Morgan fingerprint density at radius 2 is 1.50 bits per heavy atom. The van der Waals surface area contributed by atoms with Crippen molar-refractivity contribution in [2.75, 3.05) is 59.3 Å². The van der Waals surface area contributed by atoms with E-state index >= 15 is 0 Å². The van der Waals surface area contributed by atoms with E-state index in [1.54, 1.807) is 4.90 Å². The van der Waals surface area contributed by atoms with E-state index in [4.69, 9.17) is 18.9 Å². The lowest BCUT2D eigenvalue weighted by Gasteiger charge is -2.23. The Morgan fingerprint density at radius 1 is 0.833 bits per heavy atom. The van der Waals surface area contributed by atoms with Gasteiger partial charge in [0.15, 0.2) is 0 Å². The number of amides is 1. The van der Waals surface area contributed by atoms with Gasteiger partial charge in [0.25, 0.3) is 5.91 Å². The van der Waals surface area contributed by atoms with Crippen LogP contribution in [-0.4, -0.2) is 76.1 Å². The van der Waals surface area contributed by atoms with Crippen LogP contribution in [0.15, 0.2) is 54.6 Å². The maximum Gasteiger partial charge on any atom is 0.335 e. The fourth-order valence-corrected chi connectivity index (χ4v) is 3.12. The summed E-state index contributed by atoms with van der Waals surface area (Å²) >= 11 is 0. The smallest absolute Gasteiger partial charge is 0.335 e. The number of cyclic esters (lactones) is 1. The molecule has 0 atom stereocenters. The molecule has 1 fully saturated rings. The molecule has 7 nitrogen and oxygen atoms in total. The van der Waals surface area contributed by atoms with Crippen LogP contribution in [0.2, 0.25) is 0 Å². The molecule has 1 heterocycles. The van der Waals surface area contributed by atoms with Gasteiger partial charge in [-0.15, -0.1) is 0 Å². The second-order valence-electron chi connectivity index (χ2n) is 6.84. The van der Waals surface area contributed by atoms with Crippen LogP contribution in [0.4, 0.5) is 0 Å². The number of hydrogen-bond acceptors (Lipinski definition) is 6. The van der Waals surface area contributed by atoms with Crippen LogP contribution in [0.3, 0.4) is 0 Å². The van der Waals surface area contributed by atoms with Crippen LogP contribution in [0, 0.1) is 0 Å². The highest BCUT2D eigenvalue weighted by molar-refractivity contribution is 6.07. The first kappa shape index (κ1) is 22.0. The van der Waals surface area contributed by atoms with Gasteiger partial charge in [-0.1, -0.05) is 43.0 Å². The van der Waals surface area contributed by atoms with Crippen molar-refractivity contribution in [1.29, 1.82) is 0 Å². The summed E-state index contributed by atoms with van der Waals surface area (Å²) in [5.41, 5.74) is 0.909. The highest BCUT2D eigenvalue weighted by Crippen LogP contribution is 2.20. The summed E-state index contributed by atoms with van der Waals surface area (Å²) in [5, 5.41) is 1.94. The topological polar surface area (TPSA) is 74.3 Å². The number of carbonyl (C=O) groups excluding carboxylic acids is 2. The van der Waals surface area contributed by atoms with Crippen molar-refractivity contribution >= 4 is 22.6 Å². The van der Waals surface area contributed by atoms with Gasteiger partial charge >= 0.3 is 5.97 Å². The van der Waals surface area contributed by atoms with Gasteiger partial charge in [-0.2, -0.15) is 0 Å². The molecule has 1 aliphatic heterocycles. The number of hydrogen-bond donors (Lipinski definition) is 0. The number of ether oxygens (including phenoxy) is 4. The lowest BCUT2D eigenvalue weighted by molar-refractivity contribution is -0.141. The second kappa shape index (κ2) is 11.4. The Balaban J connectivity index is 1.66. The van der Waals surface area contributed by atoms with E-state index in [9.17, 15) is 9.59 Å². The first-order chi connectivity index (χ1) is 14.7. The largest absolute Gasteiger partial charge is 0.460 e. The molecule has 2 aromatic carbocycles. The Labute approximate surface area is 176 Å². The maximum absolute atomic E-state index is 13.2. The number of esters is 1. The summed E-state index contributed by atoms with van der Waals surface area (Å²) in [6.45, 7) is 6.35. The van der Waals surface area contributed by atoms with Gasteiger partial charge in [-0.05, 0) is 16.8 Å². The lowest BCUT2D eigenvalue weighted by atomic mass is 10.0.